The van der Waals surface area contributed by atoms with Crippen molar-refractivity contribution < 1.29 is 63.4 Å². The summed E-state index contributed by atoms with van der Waals surface area (Å²) in [5, 5.41) is 18.8. The second-order valence-electron chi connectivity index (χ2n) is 6.07. The Bertz CT molecular complexity index is 979. The summed E-state index contributed by atoms with van der Waals surface area (Å²) in [5.41, 5.74) is 5.46. The molecular weight excluding hydrogens is 461 g/mol. The monoisotopic (exact) mass is 477 g/mol. The summed E-state index contributed by atoms with van der Waals surface area (Å²) >= 11 is 2.32. The molecule has 1 aromatic rings. The van der Waals surface area contributed by atoms with Crippen LogP contribution in [0.1, 0.15) is 12.6 Å². The van der Waals surface area contributed by atoms with Gasteiger partial charge in [0.25, 0.3) is 11.8 Å². The van der Waals surface area contributed by atoms with Crippen molar-refractivity contribution in [2.24, 2.45) is 5.16 Å². The zero-order valence-corrected chi connectivity index (χ0v) is 20.4. The summed E-state index contributed by atoms with van der Waals surface area (Å²) < 4.78 is 4.85. The topological polar surface area (TPSA) is 176 Å². The van der Waals surface area contributed by atoms with E-state index in [0.717, 1.165) is 16.2 Å². The normalized spacial score (nSPS) is 20.3. The van der Waals surface area contributed by atoms with E-state index >= 15 is 0 Å². The number of nitrogen functional groups attached to an aromatic ring is 1. The minimum atomic E-state index is -1.57. The first-order chi connectivity index (χ1) is 14.2. The van der Waals surface area contributed by atoms with E-state index in [4.69, 9.17) is 10.5 Å². The maximum absolute atomic E-state index is 12.6. The van der Waals surface area contributed by atoms with Crippen LogP contribution in [0.4, 0.5) is 5.13 Å². The third-order valence-corrected chi connectivity index (χ3v) is 6.15. The molecule has 1 saturated heterocycles. The van der Waals surface area contributed by atoms with Gasteiger partial charge in [-0.15, -0.1) is 23.1 Å². The fourth-order valence-corrected chi connectivity index (χ4v) is 4.75. The first-order valence-electron chi connectivity index (χ1n) is 8.39. The molecule has 1 fully saturated rings. The number of aromatic nitrogens is 1. The number of rotatable bonds is 7. The molecule has 0 radical (unpaired) electrons. The second kappa shape index (κ2) is 10.5. The molecule has 1 aromatic heterocycles. The second-order valence-corrected chi connectivity index (χ2v) is 8.07. The van der Waals surface area contributed by atoms with Gasteiger partial charge < -0.3 is 30.5 Å². The molecule has 160 valence electrons. The Labute approximate surface area is 206 Å². The molecule has 3 heterocycles. The van der Waals surface area contributed by atoms with Crippen molar-refractivity contribution in [1.29, 1.82) is 0 Å². The number of aliphatic carboxylic acids is 1. The molecule has 0 aliphatic carbocycles. The number of anilines is 1. The number of amides is 2. The maximum Gasteiger partial charge on any atom is 1.00 e. The SMILES string of the molecule is CO/N=C(\C(=O)N[C@@H]1C(=O)N2C(C(=O)[O-])=C(COC(C)=O)CS[C@@H]12)c1csc(N)n1.[Na+]. The van der Waals surface area contributed by atoms with Gasteiger partial charge in [0.1, 0.15) is 30.8 Å². The zero-order valence-electron chi connectivity index (χ0n) is 16.7. The first-order valence-corrected chi connectivity index (χ1v) is 10.3. The van der Waals surface area contributed by atoms with E-state index in [1.54, 1.807) is 0 Å². The van der Waals surface area contributed by atoms with Gasteiger partial charge >= 0.3 is 35.5 Å². The van der Waals surface area contributed by atoms with Crippen LogP contribution in [0, 0.1) is 0 Å². The predicted octanol–water partition coefficient (Wildman–Crippen LogP) is -4.95. The van der Waals surface area contributed by atoms with Gasteiger partial charge in [0, 0.05) is 23.6 Å². The molecule has 3 N–H and O–H groups in total. The Balaban J connectivity index is 0.00000341. The van der Waals surface area contributed by atoms with Crippen LogP contribution in [-0.4, -0.2) is 70.2 Å². The number of thioether (sulfide) groups is 1. The molecule has 2 aliphatic rings. The molecular formula is C16H16N5NaO7S2. The number of carbonyl (C=O) groups is 4. The van der Waals surface area contributed by atoms with Crippen molar-refractivity contribution in [1.82, 2.24) is 15.2 Å². The Morgan fingerprint density at radius 2 is 2.16 bits per heavy atom. The van der Waals surface area contributed by atoms with Gasteiger partial charge in [-0.3, -0.25) is 19.3 Å². The van der Waals surface area contributed by atoms with Crippen LogP contribution in [0.2, 0.25) is 0 Å². The number of nitrogens with one attached hydrogen (secondary N) is 1. The Hall–Kier alpha value is -2.13. The van der Waals surface area contributed by atoms with Crippen LogP contribution in [0.3, 0.4) is 0 Å². The van der Waals surface area contributed by atoms with Crippen molar-refractivity contribution in [3.63, 3.8) is 0 Å². The van der Waals surface area contributed by atoms with Crippen LogP contribution < -0.4 is 45.7 Å². The predicted molar refractivity (Wildman–Crippen MR) is 104 cm³/mol. The summed E-state index contributed by atoms with van der Waals surface area (Å²) in [7, 11) is 1.25. The van der Waals surface area contributed by atoms with Crippen molar-refractivity contribution >= 4 is 57.7 Å². The number of hydrogen-bond acceptors (Lipinski definition) is 12. The van der Waals surface area contributed by atoms with Crippen molar-refractivity contribution in [3.05, 3.63) is 22.3 Å². The third-order valence-electron chi connectivity index (χ3n) is 4.14. The number of carbonyl (C=O) groups excluding carboxylic acids is 4. The smallest absolute Gasteiger partial charge is 0.543 e. The molecule has 31 heavy (non-hydrogen) atoms. The van der Waals surface area contributed by atoms with Crippen LogP contribution in [0.25, 0.3) is 0 Å². The van der Waals surface area contributed by atoms with E-state index < -0.39 is 35.2 Å². The van der Waals surface area contributed by atoms with Gasteiger partial charge in [-0.25, -0.2) is 4.98 Å². The number of ether oxygens (including phenoxy) is 1. The third kappa shape index (κ3) is 5.20. The number of β-lactam (4-membered cyclic amide) rings is 1. The molecule has 0 bridgehead atoms. The molecule has 15 heteroatoms. The van der Waals surface area contributed by atoms with Gasteiger partial charge in [0.2, 0.25) is 0 Å². The number of esters is 1. The molecule has 0 spiro atoms. The minimum Gasteiger partial charge on any atom is -0.543 e. The van der Waals surface area contributed by atoms with E-state index in [2.05, 4.69) is 20.3 Å². The summed E-state index contributed by atoms with van der Waals surface area (Å²) in [6, 6.07) is -0.995. The first kappa shape index (κ1) is 25.1. The standard InChI is InChI=1S/C16H17N5O7S2.Na/c1-6(22)28-3-7-4-29-14-10(13(24)21(14)11(7)15(25)26)19-12(23)9(20-27-2)8-5-30-16(17)18-8;/h5,10,14H,3-4H2,1-2H3,(H2,17,18)(H,19,23)(H,25,26);/q;+1/p-1/b20-9-;/t10-,14+;/m1./s1. The minimum absolute atomic E-state index is 0. The number of fused-ring (bicyclic) bond motifs is 1. The van der Waals surface area contributed by atoms with Gasteiger partial charge in [-0.1, -0.05) is 5.16 Å². The fourth-order valence-electron chi connectivity index (χ4n) is 2.87. The molecule has 0 unspecified atom stereocenters. The zero-order chi connectivity index (χ0) is 22.0. The van der Waals surface area contributed by atoms with Gasteiger partial charge in [0.05, 0.1) is 11.7 Å². The number of thiazole rings is 1. The number of nitrogens with two attached hydrogens (primary N) is 1. The molecule has 2 atom stereocenters. The van der Waals surface area contributed by atoms with Crippen molar-refractivity contribution in [3.8, 4) is 0 Å². The van der Waals surface area contributed by atoms with Gasteiger partial charge in [-0.2, -0.15) is 0 Å². The molecule has 0 aromatic carbocycles. The fraction of sp³-hybridized carbons (Fsp3) is 0.375. The average molecular weight is 477 g/mol. The largest absolute Gasteiger partial charge is 1.00 e. The van der Waals surface area contributed by atoms with Crippen LogP contribution in [-0.2, 0) is 28.8 Å². The van der Waals surface area contributed by atoms with Gasteiger partial charge in [-0.05, 0) is 0 Å². The van der Waals surface area contributed by atoms with Crippen molar-refractivity contribution in [2.75, 3.05) is 25.2 Å². The van der Waals surface area contributed by atoms with Crippen LogP contribution in [0.5, 0.6) is 0 Å². The number of hydrogen-bond donors (Lipinski definition) is 2. The number of carboxylic acid groups (broad SMARTS) is 1. The Kier molecular flexibility index (Phi) is 8.48. The average Bonchev–Trinajstić information content (AvgIpc) is 3.13. The molecule has 2 amide bonds. The van der Waals surface area contributed by atoms with Crippen molar-refractivity contribution in [2.45, 2.75) is 18.3 Å². The van der Waals surface area contributed by atoms with E-state index in [1.807, 2.05) is 0 Å². The van der Waals surface area contributed by atoms with E-state index in [1.165, 1.54) is 31.2 Å². The molecule has 0 saturated carbocycles. The maximum atomic E-state index is 12.6. The summed E-state index contributed by atoms with van der Waals surface area (Å²) in [6.45, 7) is 0.919. The summed E-state index contributed by atoms with van der Waals surface area (Å²) in [5.74, 6) is -3.35. The number of carboxylic acids is 1. The molecule has 12 nitrogen and oxygen atoms in total. The Morgan fingerprint density at radius 1 is 1.45 bits per heavy atom. The van der Waals surface area contributed by atoms with Crippen LogP contribution >= 0.6 is 23.1 Å². The number of oxime groups is 1. The molecule has 2 aliphatic heterocycles. The van der Waals surface area contributed by atoms with E-state index in [-0.39, 0.29) is 69.7 Å². The van der Waals surface area contributed by atoms with Crippen LogP contribution in [0.15, 0.2) is 21.8 Å². The van der Waals surface area contributed by atoms with Gasteiger partial charge in [0.15, 0.2) is 10.8 Å². The molecule has 3 rings (SSSR count). The number of nitrogens with zero attached hydrogens (tertiary/aromatic N) is 3. The van der Waals surface area contributed by atoms with E-state index in [9.17, 15) is 24.3 Å². The quantitative estimate of drug-likeness (QED) is 0.127. The summed E-state index contributed by atoms with van der Waals surface area (Å²) in [4.78, 5) is 57.5. The van der Waals surface area contributed by atoms with E-state index in [0.29, 0.717) is 0 Å². The summed E-state index contributed by atoms with van der Waals surface area (Å²) in [6.07, 6.45) is 0. The Morgan fingerprint density at radius 3 is 2.71 bits per heavy atom.